The molecule has 1 atom stereocenters. The third-order valence-electron chi connectivity index (χ3n) is 4.51. The van der Waals surface area contributed by atoms with Crippen molar-refractivity contribution in [1.29, 1.82) is 0 Å². The van der Waals surface area contributed by atoms with Gasteiger partial charge in [0.15, 0.2) is 11.5 Å². The molecule has 1 unspecified atom stereocenters. The van der Waals surface area contributed by atoms with Gasteiger partial charge in [0.2, 0.25) is 22.7 Å². The largest absolute Gasteiger partial charge is 0.495 e. The first-order valence-electron chi connectivity index (χ1n) is 9.12. The van der Waals surface area contributed by atoms with Crippen molar-refractivity contribution in [2.75, 3.05) is 19.2 Å². The summed E-state index contributed by atoms with van der Waals surface area (Å²) in [4.78, 5) is 12.5. The minimum Gasteiger partial charge on any atom is -0.495 e. The molecule has 3 rings (SSSR count). The van der Waals surface area contributed by atoms with Crippen LogP contribution in [0.5, 0.6) is 17.2 Å². The van der Waals surface area contributed by atoms with Gasteiger partial charge in [0, 0.05) is 11.8 Å². The van der Waals surface area contributed by atoms with Gasteiger partial charge >= 0.3 is 0 Å². The molecule has 0 saturated carbocycles. The number of amides is 1. The van der Waals surface area contributed by atoms with Crippen molar-refractivity contribution in [1.82, 2.24) is 4.72 Å². The van der Waals surface area contributed by atoms with Gasteiger partial charge in [-0.1, -0.05) is 19.9 Å². The fraction of sp³-hybridized carbons (Fsp3) is 0.350. The van der Waals surface area contributed by atoms with Gasteiger partial charge in [0.25, 0.3) is 0 Å². The summed E-state index contributed by atoms with van der Waals surface area (Å²) < 4.78 is 43.9. The summed E-state index contributed by atoms with van der Waals surface area (Å²) in [7, 11) is -2.58. The SMILES string of the molecule is COc1ccc(C(C)C)cc1S(=O)(=O)NC(C)C(=O)Nc1ccc2c(c1)OCO2. The molecule has 1 heterocycles. The maximum Gasteiger partial charge on any atom is 0.244 e. The van der Waals surface area contributed by atoms with Crippen LogP contribution in [0.4, 0.5) is 5.69 Å². The second-order valence-corrected chi connectivity index (χ2v) is 8.65. The Morgan fingerprint density at radius 1 is 1.07 bits per heavy atom. The number of sulfonamides is 1. The number of fused-ring (bicyclic) bond motifs is 1. The van der Waals surface area contributed by atoms with Crippen LogP contribution in [0.2, 0.25) is 0 Å². The Balaban J connectivity index is 1.76. The van der Waals surface area contributed by atoms with Crippen LogP contribution >= 0.6 is 0 Å². The molecule has 0 saturated heterocycles. The third-order valence-corrected chi connectivity index (χ3v) is 6.07. The van der Waals surface area contributed by atoms with E-state index in [1.807, 2.05) is 19.9 Å². The Morgan fingerprint density at radius 3 is 2.48 bits per heavy atom. The minimum atomic E-state index is -3.99. The van der Waals surface area contributed by atoms with Crippen LogP contribution in [0, 0.1) is 0 Å². The number of carbonyl (C=O) groups excluding carboxylic acids is 1. The van der Waals surface area contributed by atoms with Crippen molar-refractivity contribution < 1.29 is 27.4 Å². The number of hydrogen-bond donors (Lipinski definition) is 2. The van der Waals surface area contributed by atoms with Crippen LogP contribution in [0.1, 0.15) is 32.3 Å². The molecule has 1 aliphatic rings. The van der Waals surface area contributed by atoms with E-state index in [2.05, 4.69) is 10.0 Å². The molecule has 0 bridgehead atoms. The molecule has 9 heteroatoms. The highest BCUT2D eigenvalue weighted by molar-refractivity contribution is 7.89. The van der Waals surface area contributed by atoms with Gasteiger partial charge in [0.1, 0.15) is 10.6 Å². The van der Waals surface area contributed by atoms with Crippen molar-refractivity contribution >= 4 is 21.6 Å². The first kappa shape index (κ1) is 20.9. The first-order valence-corrected chi connectivity index (χ1v) is 10.6. The van der Waals surface area contributed by atoms with Crippen molar-refractivity contribution in [2.24, 2.45) is 0 Å². The van der Waals surface area contributed by atoms with Crippen molar-refractivity contribution in [2.45, 2.75) is 37.6 Å². The number of carbonyl (C=O) groups is 1. The van der Waals surface area contributed by atoms with Crippen molar-refractivity contribution in [3.8, 4) is 17.2 Å². The number of anilines is 1. The van der Waals surface area contributed by atoms with E-state index in [1.54, 1.807) is 30.3 Å². The first-order chi connectivity index (χ1) is 13.7. The molecule has 0 radical (unpaired) electrons. The zero-order valence-electron chi connectivity index (χ0n) is 16.7. The fourth-order valence-electron chi connectivity index (χ4n) is 2.84. The maximum atomic E-state index is 12.9. The van der Waals surface area contributed by atoms with Crippen molar-refractivity contribution in [3.63, 3.8) is 0 Å². The second-order valence-electron chi connectivity index (χ2n) is 6.97. The molecule has 0 aromatic heterocycles. The van der Waals surface area contributed by atoms with Gasteiger partial charge in [-0.25, -0.2) is 8.42 Å². The summed E-state index contributed by atoms with van der Waals surface area (Å²) in [6.07, 6.45) is 0. The number of ether oxygens (including phenoxy) is 3. The van der Waals surface area contributed by atoms with E-state index < -0.39 is 22.0 Å². The average molecular weight is 420 g/mol. The van der Waals surface area contributed by atoms with Crippen LogP contribution in [0.15, 0.2) is 41.3 Å². The van der Waals surface area contributed by atoms with Gasteiger partial charge in [-0.2, -0.15) is 4.72 Å². The molecule has 0 spiro atoms. The molecule has 0 fully saturated rings. The number of methoxy groups -OCH3 is 1. The number of nitrogens with one attached hydrogen (secondary N) is 2. The summed E-state index contributed by atoms with van der Waals surface area (Å²) in [5.74, 6) is 0.957. The van der Waals surface area contributed by atoms with Gasteiger partial charge in [-0.05, 0) is 42.7 Å². The fourth-order valence-corrected chi connectivity index (χ4v) is 4.24. The molecule has 8 nitrogen and oxygen atoms in total. The van der Waals surface area contributed by atoms with Crippen molar-refractivity contribution in [3.05, 3.63) is 42.0 Å². The molecule has 29 heavy (non-hydrogen) atoms. The summed E-state index contributed by atoms with van der Waals surface area (Å²) in [5.41, 5.74) is 1.33. The van der Waals surface area contributed by atoms with E-state index in [0.29, 0.717) is 17.2 Å². The van der Waals surface area contributed by atoms with Gasteiger partial charge in [0.05, 0.1) is 13.2 Å². The molecule has 1 aliphatic heterocycles. The zero-order chi connectivity index (χ0) is 21.2. The Morgan fingerprint density at radius 2 is 1.79 bits per heavy atom. The van der Waals surface area contributed by atoms with Gasteiger partial charge < -0.3 is 19.5 Å². The minimum absolute atomic E-state index is 0.00562. The van der Waals surface area contributed by atoms with Gasteiger partial charge in [-0.3, -0.25) is 4.79 Å². The lowest BCUT2D eigenvalue weighted by Crippen LogP contribution is -2.41. The quantitative estimate of drug-likeness (QED) is 0.714. The average Bonchev–Trinajstić information content (AvgIpc) is 3.14. The van der Waals surface area contributed by atoms with E-state index >= 15 is 0 Å². The number of benzene rings is 2. The molecule has 2 aromatic rings. The molecule has 1 amide bonds. The van der Waals surface area contributed by atoms with Crippen LogP contribution < -0.4 is 24.2 Å². The highest BCUT2D eigenvalue weighted by Crippen LogP contribution is 2.34. The molecular weight excluding hydrogens is 396 g/mol. The predicted octanol–water partition coefficient (Wildman–Crippen LogP) is 2.85. The third kappa shape index (κ3) is 4.63. The van der Waals surface area contributed by atoms with Crippen LogP contribution in [-0.2, 0) is 14.8 Å². The number of hydrogen-bond acceptors (Lipinski definition) is 6. The molecule has 2 N–H and O–H groups in total. The summed E-state index contributed by atoms with van der Waals surface area (Å²) >= 11 is 0. The highest BCUT2D eigenvalue weighted by atomic mass is 32.2. The van der Waals surface area contributed by atoms with Gasteiger partial charge in [-0.15, -0.1) is 0 Å². The van der Waals surface area contributed by atoms with E-state index in [9.17, 15) is 13.2 Å². The van der Waals surface area contributed by atoms with Crippen LogP contribution in [0.3, 0.4) is 0 Å². The Bertz CT molecular complexity index is 1020. The van der Waals surface area contributed by atoms with E-state index in [0.717, 1.165) is 5.56 Å². The van der Waals surface area contributed by atoms with E-state index in [1.165, 1.54) is 14.0 Å². The van der Waals surface area contributed by atoms with Crippen LogP contribution in [0.25, 0.3) is 0 Å². The summed E-state index contributed by atoms with van der Waals surface area (Å²) in [5, 5.41) is 2.67. The topological polar surface area (TPSA) is 103 Å². The summed E-state index contributed by atoms with van der Waals surface area (Å²) in [6.45, 7) is 5.53. The van der Waals surface area contributed by atoms with E-state index in [4.69, 9.17) is 14.2 Å². The monoisotopic (exact) mass is 420 g/mol. The smallest absolute Gasteiger partial charge is 0.244 e. The molecule has 156 valence electrons. The Kier molecular flexibility index (Phi) is 5.99. The Hall–Kier alpha value is -2.78. The lowest BCUT2D eigenvalue weighted by Gasteiger charge is -2.17. The van der Waals surface area contributed by atoms with E-state index in [-0.39, 0.29) is 23.4 Å². The zero-order valence-corrected chi connectivity index (χ0v) is 17.5. The standard InChI is InChI=1S/C20H24N2O6S/c1-12(2)14-5-7-17(26-4)19(9-14)29(24,25)22-13(3)20(23)21-15-6-8-16-18(10-15)28-11-27-16/h5-10,12-13,22H,11H2,1-4H3,(H,21,23). The van der Waals surface area contributed by atoms with Crippen LogP contribution in [-0.4, -0.2) is 34.3 Å². The molecular formula is C20H24N2O6S. The molecule has 2 aromatic carbocycles. The summed E-state index contributed by atoms with van der Waals surface area (Å²) in [6, 6.07) is 8.93. The Labute approximate surface area is 170 Å². The molecule has 0 aliphatic carbocycles. The highest BCUT2D eigenvalue weighted by Gasteiger charge is 2.26. The maximum absolute atomic E-state index is 12.9. The second kappa shape index (κ2) is 8.30. The lowest BCUT2D eigenvalue weighted by molar-refractivity contribution is -0.117. The lowest BCUT2D eigenvalue weighted by atomic mass is 10.0. The normalized spacial score (nSPS) is 14.0. The predicted molar refractivity (Wildman–Crippen MR) is 108 cm³/mol. The number of rotatable bonds is 7.